The number of hydrogen-bond donors (Lipinski definition) is 1. The van der Waals surface area contributed by atoms with Crippen LogP contribution in [0.25, 0.3) is 0 Å². The average Bonchev–Trinajstić information content (AvgIpc) is 2.59. The van der Waals surface area contributed by atoms with Gasteiger partial charge in [-0.25, -0.2) is 4.39 Å². The van der Waals surface area contributed by atoms with Gasteiger partial charge in [-0.3, -0.25) is 4.18 Å². The maximum Gasteiger partial charge on any atom is 0.297 e. The number of benzene rings is 2. The molecule has 0 radical (unpaired) electrons. The molecule has 1 aliphatic rings. The zero-order valence-electron chi connectivity index (χ0n) is 13.7. The Hall–Kier alpha value is -1.96. The Balaban J connectivity index is 1.62. The maximum absolute atomic E-state index is 13.2. The normalized spacial score (nSPS) is 18.3. The van der Waals surface area contributed by atoms with Crippen LogP contribution >= 0.6 is 0 Å². The molecule has 1 aliphatic heterocycles. The van der Waals surface area contributed by atoms with Crippen molar-refractivity contribution in [3.8, 4) is 5.75 Å². The Morgan fingerprint density at radius 3 is 2.72 bits per heavy atom. The summed E-state index contributed by atoms with van der Waals surface area (Å²) in [6.07, 6.45) is -0.727. The number of aliphatic hydroxyl groups excluding tert-OH is 1. The van der Waals surface area contributed by atoms with E-state index in [-0.39, 0.29) is 10.7 Å². The van der Waals surface area contributed by atoms with Gasteiger partial charge in [-0.2, -0.15) is 8.42 Å². The molecule has 0 saturated heterocycles. The van der Waals surface area contributed by atoms with E-state index in [1.807, 2.05) is 6.92 Å². The molecule has 0 spiro atoms. The predicted octanol–water partition coefficient (Wildman–Crippen LogP) is 2.59. The van der Waals surface area contributed by atoms with Gasteiger partial charge in [-0.05, 0) is 55.7 Å². The van der Waals surface area contributed by atoms with E-state index in [2.05, 4.69) is 0 Å². The van der Waals surface area contributed by atoms with Crippen molar-refractivity contribution < 1.29 is 26.8 Å². The topological polar surface area (TPSA) is 72.8 Å². The fraction of sp³-hybridized carbons (Fsp3) is 0.333. The van der Waals surface area contributed by atoms with Crippen LogP contribution in [-0.2, 0) is 20.7 Å². The molecule has 2 aromatic carbocycles. The first-order valence-corrected chi connectivity index (χ1v) is 9.35. The lowest BCUT2D eigenvalue weighted by Gasteiger charge is -2.29. The fourth-order valence-electron chi connectivity index (χ4n) is 2.69. The zero-order valence-corrected chi connectivity index (χ0v) is 14.5. The van der Waals surface area contributed by atoms with Gasteiger partial charge in [0.2, 0.25) is 0 Å². The minimum absolute atomic E-state index is 0.0377. The fourth-order valence-corrected chi connectivity index (χ4v) is 3.61. The zero-order chi connectivity index (χ0) is 18.0. The third-order valence-corrected chi connectivity index (χ3v) is 5.43. The van der Waals surface area contributed by atoms with E-state index in [4.69, 9.17) is 8.92 Å². The monoisotopic (exact) mass is 366 g/mol. The number of rotatable bonds is 5. The molecule has 1 N–H and O–H groups in total. The third-order valence-electron chi connectivity index (χ3n) is 4.13. The van der Waals surface area contributed by atoms with Gasteiger partial charge in [0.05, 0.1) is 11.5 Å². The lowest BCUT2D eigenvalue weighted by atomic mass is 9.99. The van der Waals surface area contributed by atoms with Crippen LogP contribution in [0.4, 0.5) is 4.39 Å². The number of hydrogen-bond acceptors (Lipinski definition) is 5. The van der Waals surface area contributed by atoms with Crippen molar-refractivity contribution in [1.29, 1.82) is 0 Å². The van der Waals surface area contributed by atoms with Gasteiger partial charge < -0.3 is 9.84 Å². The minimum atomic E-state index is -3.94. The highest BCUT2D eigenvalue weighted by Gasteiger charge is 2.28. The predicted molar refractivity (Wildman–Crippen MR) is 89.5 cm³/mol. The number of aliphatic hydroxyl groups is 1. The van der Waals surface area contributed by atoms with Gasteiger partial charge in [-0.15, -0.1) is 0 Å². The second-order valence-electron chi connectivity index (χ2n) is 6.07. The molecule has 0 bridgehead atoms. The Kier molecular flexibility index (Phi) is 5.08. The highest BCUT2D eigenvalue weighted by atomic mass is 32.2. The van der Waals surface area contributed by atoms with Crippen LogP contribution in [0.1, 0.15) is 17.5 Å². The lowest BCUT2D eigenvalue weighted by Crippen LogP contribution is -2.38. The lowest BCUT2D eigenvalue weighted by molar-refractivity contribution is -0.00207. The number of aryl methyl sites for hydroxylation is 2. The Bertz CT molecular complexity index is 848. The Morgan fingerprint density at radius 2 is 2.00 bits per heavy atom. The van der Waals surface area contributed by atoms with Gasteiger partial charge in [0, 0.05) is 0 Å². The molecular weight excluding hydrogens is 347 g/mol. The molecule has 3 rings (SSSR count). The third kappa shape index (κ3) is 4.18. The average molecular weight is 366 g/mol. The van der Waals surface area contributed by atoms with Crippen molar-refractivity contribution in [2.75, 3.05) is 6.61 Å². The van der Waals surface area contributed by atoms with E-state index < -0.39 is 28.9 Å². The van der Waals surface area contributed by atoms with Gasteiger partial charge in [0.15, 0.2) is 0 Å². The second-order valence-corrected chi connectivity index (χ2v) is 7.68. The van der Waals surface area contributed by atoms with Crippen molar-refractivity contribution >= 4 is 10.1 Å². The van der Waals surface area contributed by atoms with Crippen molar-refractivity contribution in [2.24, 2.45) is 0 Å². The van der Waals surface area contributed by atoms with E-state index in [1.165, 1.54) is 30.3 Å². The molecule has 2 aromatic rings. The largest absolute Gasteiger partial charge is 0.487 e. The summed E-state index contributed by atoms with van der Waals surface area (Å²) in [6.45, 7) is 1.45. The molecule has 0 amide bonds. The summed E-state index contributed by atoms with van der Waals surface area (Å²) in [6, 6.07) is 10.5. The van der Waals surface area contributed by atoms with E-state index in [1.54, 1.807) is 12.1 Å². The summed E-state index contributed by atoms with van der Waals surface area (Å²) >= 11 is 0. The van der Waals surface area contributed by atoms with E-state index in [9.17, 15) is 17.9 Å². The molecule has 5 nitrogen and oxygen atoms in total. The SMILES string of the molecule is Cc1ccc(S(=O)(=O)OC[C@H](O)[C@H]2CCc3cc(F)ccc3O2)cc1. The van der Waals surface area contributed by atoms with Gasteiger partial charge in [0.25, 0.3) is 10.1 Å². The van der Waals surface area contributed by atoms with Crippen molar-refractivity contribution in [3.63, 3.8) is 0 Å². The standard InChI is InChI=1S/C18H19FO5S/c1-12-2-6-15(7-3-12)25(21,22)23-11-16(20)18-8-4-13-10-14(19)5-9-17(13)24-18/h2-3,5-7,9-10,16,18,20H,4,8,11H2,1H3/t16-,18+/m0/s1. The number of ether oxygens (including phenoxy) is 1. The van der Waals surface area contributed by atoms with Crippen molar-refractivity contribution in [1.82, 2.24) is 0 Å². The van der Waals surface area contributed by atoms with Crippen LogP contribution in [0.2, 0.25) is 0 Å². The molecule has 0 aromatic heterocycles. The Labute approximate surface area is 146 Å². The molecule has 0 aliphatic carbocycles. The van der Waals surface area contributed by atoms with E-state index in [0.717, 1.165) is 11.1 Å². The molecule has 25 heavy (non-hydrogen) atoms. The first-order chi connectivity index (χ1) is 11.8. The summed E-state index contributed by atoms with van der Waals surface area (Å²) < 4.78 is 48.1. The minimum Gasteiger partial charge on any atom is -0.487 e. The maximum atomic E-state index is 13.2. The summed E-state index contributed by atoms with van der Waals surface area (Å²) in [5, 5.41) is 10.2. The smallest absolute Gasteiger partial charge is 0.297 e. The van der Waals surface area contributed by atoms with Crippen LogP contribution in [0.3, 0.4) is 0 Å². The molecule has 1 heterocycles. The highest BCUT2D eigenvalue weighted by molar-refractivity contribution is 7.86. The van der Waals surface area contributed by atoms with Crippen molar-refractivity contribution in [3.05, 3.63) is 59.4 Å². The van der Waals surface area contributed by atoms with Crippen molar-refractivity contribution in [2.45, 2.75) is 36.9 Å². The van der Waals surface area contributed by atoms with Crippen LogP contribution in [0.5, 0.6) is 5.75 Å². The van der Waals surface area contributed by atoms with Gasteiger partial charge in [-0.1, -0.05) is 17.7 Å². The molecule has 134 valence electrons. The molecule has 0 fully saturated rings. The summed E-state index contributed by atoms with van der Waals surface area (Å²) in [7, 11) is -3.94. The second kappa shape index (κ2) is 7.11. The van der Waals surface area contributed by atoms with E-state index >= 15 is 0 Å². The number of halogens is 1. The Morgan fingerprint density at radius 1 is 1.28 bits per heavy atom. The molecule has 0 saturated carbocycles. The molecule has 7 heteroatoms. The first-order valence-electron chi connectivity index (χ1n) is 7.94. The van der Waals surface area contributed by atoms with Gasteiger partial charge in [0.1, 0.15) is 23.8 Å². The first kappa shape index (κ1) is 17.8. The number of fused-ring (bicyclic) bond motifs is 1. The quantitative estimate of drug-likeness (QED) is 0.824. The molecular formula is C18H19FO5S. The van der Waals surface area contributed by atoms with E-state index in [0.29, 0.717) is 18.6 Å². The van der Waals surface area contributed by atoms with Crippen LogP contribution < -0.4 is 4.74 Å². The van der Waals surface area contributed by atoms with Crippen LogP contribution in [-0.4, -0.2) is 32.3 Å². The van der Waals surface area contributed by atoms with Gasteiger partial charge >= 0.3 is 0 Å². The summed E-state index contributed by atoms with van der Waals surface area (Å²) in [5.74, 6) is 0.159. The summed E-state index contributed by atoms with van der Waals surface area (Å²) in [4.78, 5) is 0.0377. The molecule has 2 atom stereocenters. The van der Waals surface area contributed by atoms with Crippen LogP contribution in [0.15, 0.2) is 47.4 Å². The molecule has 0 unspecified atom stereocenters. The van der Waals surface area contributed by atoms with Crippen LogP contribution in [0, 0.1) is 12.7 Å². The highest BCUT2D eigenvalue weighted by Crippen LogP contribution is 2.29. The summed E-state index contributed by atoms with van der Waals surface area (Å²) in [5.41, 5.74) is 1.67.